The largest absolute Gasteiger partial charge is 0.484 e. The minimum atomic E-state index is -1.04. The van der Waals surface area contributed by atoms with Crippen LogP contribution in [0.3, 0.4) is 0 Å². The second kappa shape index (κ2) is 5.28. The second-order valence-electron chi connectivity index (χ2n) is 2.87. The van der Waals surface area contributed by atoms with Crippen molar-refractivity contribution in [1.82, 2.24) is 0 Å². The van der Waals surface area contributed by atoms with Crippen LogP contribution in [0.2, 0.25) is 0 Å². The maximum atomic E-state index is 10.5. The van der Waals surface area contributed by atoms with E-state index >= 15 is 0 Å². The molecule has 6 nitrogen and oxygen atoms in total. The predicted molar refractivity (Wildman–Crippen MR) is 51.7 cm³/mol. The third-order valence-corrected chi connectivity index (χ3v) is 1.70. The fourth-order valence-corrected chi connectivity index (χ4v) is 0.969. The predicted octanol–water partition coefficient (Wildman–Crippen LogP) is 0.327. The zero-order chi connectivity index (χ0) is 11.3. The van der Waals surface area contributed by atoms with Gasteiger partial charge in [-0.3, -0.25) is 10.1 Å². The smallest absolute Gasteiger partial charge is 0.310 e. The van der Waals surface area contributed by atoms with Crippen LogP contribution in [0.5, 0.6) is 5.75 Å². The molecule has 0 heterocycles. The van der Waals surface area contributed by atoms with Gasteiger partial charge in [-0.15, -0.1) is 0 Å². The van der Waals surface area contributed by atoms with Crippen molar-refractivity contribution in [3.05, 3.63) is 34.4 Å². The molecule has 0 aliphatic carbocycles. The maximum absolute atomic E-state index is 10.5. The summed E-state index contributed by atoms with van der Waals surface area (Å²) in [5.41, 5.74) is -0.164. The van der Waals surface area contributed by atoms with Crippen molar-refractivity contribution >= 4 is 5.69 Å². The van der Waals surface area contributed by atoms with E-state index in [0.717, 1.165) is 0 Å². The Kier molecular flexibility index (Phi) is 4.02. The van der Waals surface area contributed by atoms with Gasteiger partial charge >= 0.3 is 5.69 Å². The Morgan fingerprint density at radius 1 is 1.47 bits per heavy atom. The Bertz CT molecular complexity index is 341. The van der Waals surface area contributed by atoms with E-state index in [1.807, 2.05) is 0 Å². The summed E-state index contributed by atoms with van der Waals surface area (Å²) in [6.45, 7) is -0.623. The van der Waals surface area contributed by atoms with E-state index in [-0.39, 0.29) is 18.0 Å². The van der Waals surface area contributed by atoms with Crippen molar-refractivity contribution in [2.45, 2.75) is 6.10 Å². The van der Waals surface area contributed by atoms with Crippen LogP contribution in [-0.4, -0.2) is 34.5 Å². The highest BCUT2D eigenvalue weighted by molar-refractivity contribution is 5.45. The van der Waals surface area contributed by atoms with Crippen LogP contribution in [0, 0.1) is 10.1 Å². The number of nitro benzene ring substituents is 1. The van der Waals surface area contributed by atoms with Gasteiger partial charge in [0, 0.05) is 6.07 Å². The summed E-state index contributed by atoms with van der Waals surface area (Å²) in [6.07, 6.45) is -1.04. The molecule has 6 heteroatoms. The highest BCUT2D eigenvalue weighted by Crippen LogP contribution is 2.25. The molecule has 0 saturated carbocycles. The van der Waals surface area contributed by atoms with Gasteiger partial charge in [0.2, 0.25) is 0 Å². The van der Waals surface area contributed by atoms with Gasteiger partial charge in [0.15, 0.2) is 5.75 Å². The molecule has 2 N–H and O–H groups in total. The molecular formula is C9H11NO5. The standard InChI is InChI=1S/C9H11NO5/c11-5-7(12)6-15-9-4-2-1-3-8(9)10(13)14/h1-4,7,11-12H,5-6H2. The third-order valence-electron chi connectivity index (χ3n) is 1.70. The first-order valence-corrected chi connectivity index (χ1v) is 4.30. The number of benzene rings is 1. The highest BCUT2D eigenvalue weighted by Gasteiger charge is 2.14. The van der Waals surface area contributed by atoms with E-state index in [9.17, 15) is 10.1 Å². The summed E-state index contributed by atoms with van der Waals surface area (Å²) in [5, 5.41) is 28.1. The minimum absolute atomic E-state index is 0.0787. The topological polar surface area (TPSA) is 92.8 Å². The van der Waals surface area contributed by atoms with E-state index in [1.54, 1.807) is 6.07 Å². The molecule has 0 bridgehead atoms. The molecule has 1 atom stereocenters. The van der Waals surface area contributed by atoms with Crippen molar-refractivity contribution in [3.63, 3.8) is 0 Å². The lowest BCUT2D eigenvalue weighted by Gasteiger charge is -2.09. The molecule has 0 amide bonds. The van der Waals surface area contributed by atoms with Crippen LogP contribution in [0.1, 0.15) is 0 Å². The fraction of sp³-hybridized carbons (Fsp3) is 0.333. The number of rotatable bonds is 5. The Hall–Kier alpha value is -1.66. The Morgan fingerprint density at radius 2 is 2.13 bits per heavy atom. The number of aliphatic hydroxyl groups is 2. The lowest BCUT2D eigenvalue weighted by molar-refractivity contribution is -0.385. The Balaban J connectivity index is 2.72. The first-order valence-electron chi connectivity index (χ1n) is 4.30. The molecule has 0 aromatic heterocycles. The van der Waals surface area contributed by atoms with Crippen molar-refractivity contribution in [2.75, 3.05) is 13.2 Å². The molecule has 15 heavy (non-hydrogen) atoms. The zero-order valence-electron chi connectivity index (χ0n) is 7.87. The molecule has 0 aliphatic rings. The van der Waals surface area contributed by atoms with E-state index in [0.29, 0.717) is 0 Å². The van der Waals surface area contributed by atoms with Crippen LogP contribution in [0.4, 0.5) is 5.69 Å². The monoisotopic (exact) mass is 213 g/mol. The van der Waals surface area contributed by atoms with E-state index in [2.05, 4.69) is 0 Å². The van der Waals surface area contributed by atoms with Crippen molar-refractivity contribution in [3.8, 4) is 5.75 Å². The molecule has 1 aromatic rings. The van der Waals surface area contributed by atoms with Gasteiger partial charge < -0.3 is 14.9 Å². The quantitative estimate of drug-likeness (QED) is 0.543. The lowest BCUT2D eigenvalue weighted by atomic mass is 10.3. The number of nitrogens with zero attached hydrogens (tertiary/aromatic N) is 1. The minimum Gasteiger partial charge on any atom is -0.484 e. The van der Waals surface area contributed by atoms with Crippen LogP contribution in [0.15, 0.2) is 24.3 Å². The number of nitro groups is 1. The first kappa shape index (κ1) is 11.4. The van der Waals surface area contributed by atoms with E-state index in [1.165, 1.54) is 18.2 Å². The molecule has 1 rings (SSSR count). The summed E-state index contributed by atoms with van der Waals surface area (Å²) in [6, 6.07) is 5.85. The van der Waals surface area contributed by atoms with Gasteiger partial charge in [0.05, 0.1) is 11.5 Å². The summed E-state index contributed by atoms with van der Waals surface area (Å²) < 4.78 is 5.00. The second-order valence-corrected chi connectivity index (χ2v) is 2.87. The molecule has 1 aromatic carbocycles. The van der Waals surface area contributed by atoms with E-state index in [4.69, 9.17) is 14.9 Å². The lowest BCUT2D eigenvalue weighted by Crippen LogP contribution is -2.21. The van der Waals surface area contributed by atoms with Crippen LogP contribution in [0.25, 0.3) is 0 Å². The zero-order valence-corrected chi connectivity index (χ0v) is 7.87. The maximum Gasteiger partial charge on any atom is 0.310 e. The van der Waals surface area contributed by atoms with Gasteiger partial charge in [-0.25, -0.2) is 0 Å². The number of hydrogen-bond donors (Lipinski definition) is 2. The van der Waals surface area contributed by atoms with Crippen molar-refractivity contribution in [1.29, 1.82) is 0 Å². The van der Waals surface area contributed by atoms with Crippen molar-refractivity contribution in [2.24, 2.45) is 0 Å². The average molecular weight is 213 g/mol. The molecular weight excluding hydrogens is 202 g/mol. The fourth-order valence-electron chi connectivity index (χ4n) is 0.969. The molecule has 0 fully saturated rings. The molecule has 0 spiro atoms. The SMILES string of the molecule is O=[N+]([O-])c1ccccc1OCC(O)CO. The number of ether oxygens (including phenoxy) is 1. The average Bonchev–Trinajstić information content (AvgIpc) is 2.26. The van der Waals surface area contributed by atoms with Gasteiger partial charge in [-0.05, 0) is 6.07 Å². The normalized spacial score (nSPS) is 12.1. The van der Waals surface area contributed by atoms with Gasteiger partial charge in [0.25, 0.3) is 0 Å². The van der Waals surface area contributed by atoms with E-state index < -0.39 is 17.6 Å². The summed E-state index contributed by atoms with van der Waals surface area (Å²) in [7, 11) is 0. The summed E-state index contributed by atoms with van der Waals surface area (Å²) in [5.74, 6) is 0.0787. The highest BCUT2D eigenvalue weighted by atomic mass is 16.6. The Morgan fingerprint density at radius 3 is 2.73 bits per heavy atom. The van der Waals surface area contributed by atoms with Crippen molar-refractivity contribution < 1.29 is 19.9 Å². The molecule has 1 unspecified atom stereocenters. The summed E-state index contributed by atoms with van der Waals surface area (Å²) in [4.78, 5) is 9.98. The van der Waals surface area contributed by atoms with Gasteiger partial charge in [0.1, 0.15) is 12.7 Å². The summed E-state index contributed by atoms with van der Waals surface area (Å²) >= 11 is 0. The third kappa shape index (κ3) is 3.19. The van der Waals surface area contributed by atoms with Gasteiger partial charge in [-0.1, -0.05) is 12.1 Å². The van der Waals surface area contributed by atoms with Crippen LogP contribution >= 0.6 is 0 Å². The molecule has 0 saturated heterocycles. The molecule has 0 radical (unpaired) electrons. The number of para-hydroxylation sites is 2. The number of aliphatic hydroxyl groups excluding tert-OH is 2. The molecule has 82 valence electrons. The Labute approximate surface area is 85.9 Å². The molecule has 0 aliphatic heterocycles. The van der Waals surface area contributed by atoms with Crippen LogP contribution < -0.4 is 4.74 Å². The first-order chi connectivity index (χ1) is 7.15. The van der Waals surface area contributed by atoms with Crippen LogP contribution in [-0.2, 0) is 0 Å². The number of hydrogen-bond acceptors (Lipinski definition) is 5. The van der Waals surface area contributed by atoms with Gasteiger partial charge in [-0.2, -0.15) is 0 Å².